The van der Waals surface area contributed by atoms with Gasteiger partial charge in [-0.25, -0.2) is 8.42 Å². The molecule has 0 radical (unpaired) electrons. The standard InChI is InChI=1S/C21H29N3O4S/c1-14-10-15(2)20(16(3)11-14)29(26,27)24-8-6-18(7-9-24)21(25)23(5)13-19-12-17(4)28-22-19/h10-12,18H,6-9,13H2,1-5H3. The van der Waals surface area contributed by atoms with E-state index in [9.17, 15) is 13.2 Å². The number of hydrogen-bond acceptors (Lipinski definition) is 5. The lowest BCUT2D eigenvalue weighted by Gasteiger charge is -2.33. The van der Waals surface area contributed by atoms with Crippen LogP contribution in [0.1, 0.15) is 41.0 Å². The van der Waals surface area contributed by atoms with Gasteiger partial charge in [0.25, 0.3) is 0 Å². The molecule has 2 heterocycles. The largest absolute Gasteiger partial charge is 0.361 e. The van der Waals surface area contributed by atoms with Crippen LogP contribution in [0.5, 0.6) is 0 Å². The van der Waals surface area contributed by atoms with Gasteiger partial charge in [0.05, 0.1) is 11.4 Å². The number of sulfonamides is 1. The molecule has 0 unspecified atom stereocenters. The van der Waals surface area contributed by atoms with Gasteiger partial charge in [0, 0.05) is 32.1 Å². The maximum absolute atomic E-state index is 13.2. The van der Waals surface area contributed by atoms with Gasteiger partial charge in [-0.1, -0.05) is 22.9 Å². The SMILES string of the molecule is Cc1cc(C)c(S(=O)(=O)N2CCC(C(=O)N(C)Cc3cc(C)on3)CC2)c(C)c1. The highest BCUT2D eigenvalue weighted by atomic mass is 32.2. The van der Waals surface area contributed by atoms with Crippen LogP contribution < -0.4 is 0 Å². The second kappa shape index (κ2) is 8.28. The summed E-state index contributed by atoms with van der Waals surface area (Å²) in [6, 6.07) is 5.61. The third kappa shape index (κ3) is 4.53. The summed E-state index contributed by atoms with van der Waals surface area (Å²) in [5.41, 5.74) is 3.30. The number of aromatic nitrogens is 1. The highest BCUT2D eigenvalue weighted by molar-refractivity contribution is 7.89. The quantitative estimate of drug-likeness (QED) is 0.744. The molecule has 1 aromatic heterocycles. The van der Waals surface area contributed by atoms with Gasteiger partial charge in [-0.2, -0.15) is 4.31 Å². The summed E-state index contributed by atoms with van der Waals surface area (Å²) in [7, 11) is -1.82. The van der Waals surface area contributed by atoms with Crippen LogP contribution >= 0.6 is 0 Å². The fourth-order valence-electron chi connectivity index (χ4n) is 4.17. The van der Waals surface area contributed by atoms with E-state index in [-0.39, 0.29) is 11.8 Å². The molecule has 0 spiro atoms. The lowest BCUT2D eigenvalue weighted by molar-refractivity contribution is -0.136. The van der Waals surface area contributed by atoms with E-state index in [0.717, 1.165) is 16.7 Å². The number of hydrogen-bond donors (Lipinski definition) is 0. The molecular weight excluding hydrogens is 390 g/mol. The molecule has 0 bridgehead atoms. The van der Waals surface area contributed by atoms with E-state index in [1.165, 1.54) is 4.31 Å². The number of rotatable bonds is 5. The zero-order valence-electron chi connectivity index (χ0n) is 17.7. The van der Waals surface area contributed by atoms with E-state index >= 15 is 0 Å². The molecule has 0 aliphatic carbocycles. The van der Waals surface area contributed by atoms with Crippen molar-refractivity contribution in [1.29, 1.82) is 0 Å². The fraction of sp³-hybridized carbons (Fsp3) is 0.524. The molecule has 1 aliphatic rings. The lowest BCUT2D eigenvalue weighted by Crippen LogP contribution is -2.43. The number of carbonyl (C=O) groups is 1. The highest BCUT2D eigenvalue weighted by Crippen LogP contribution is 2.29. The summed E-state index contributed by atoms with van der Waals surface area (Å²) >= 11 is 0. The predicted molar refractivity (Wildman–Crippen MR) is 110 cm³/mol. The Hall–Kier alpha value is -2.19. The molecular formula is C21H29N3O4S. The van der Waals surface area contributed by atoms with E-state index in [4.69, 9.17) is 4.52 Å². The Balaban J connectivity index is 1.66. The average Bonchev–Trinajstić information content (AvgIpc) is 3.04. The molecule has 158 valence electrons. The smallest absolute Gasteiger partial charge is 0.243 e. The van der Waals surface area contributed by atoms with Gasteiger partial charge in [0.15, 0.2) is 0 Å². The van der Waals surface area contributed by atoms with Gasteiger partial charge in [0.1, 0.15) is 11.5 Å². The van der Waals surface area contributed by atoms with E-state index in [0.29, 0.717) is 48.8 Å². The average molecular weight is 420 g/mol. The Morgan fingerprint density at radius 3 is 2.24 bits per heavy atom. The molecule has 7 nitrogen and oxygen atoms in total. The maximum atomic E-state index is 13.2. The van der Waals surface area contributed by atoms with Crippen molar-refractivity contribution in [3.05, 3.63) is 46.3 Å². The molecule has 2 aromatic rings. The first kappa shape index (κ1) is 21.5. The Morgan fingerprint density at radius 1 is 1.14 bits per heavy atom. The maximum Gasteiger partial charge on any atom is 0.243 e. The van der Waals surface area contributed by atoms with Crippen molar-refractivity contribution in [2.24, 2.45) is 5.92 Å². The van der Waals surface area contributed by atoms with E-state index in [1.54, 1.807) is 11.9 Å². The van der Waals surface area contributed by atoms with E-state index in [1.807, 2.05) is 45.9 Å². The minimum atomic E-state index is -3.57. The molecule has 1 fully saturated rings. The molecule has 8 heteroatoms. The van der Waals surface area contributed by atoms with Crippen molar-refractivity contribution in [3.8, 4) is 0 Å². The van der Waals surface area contributed by atoms with Crippen LogP contribution in [0.4, 0.5) is 0 Å². The third-order valence-corrected chi connectivity index (χ3v) is 7.66. The minimum Gasteiger partial charge on any atom is -0.361 e. The summed E-state index contributed by atoms with van der Waals surface area (Å²) in [5, 5.41) is 3.93. The molecule has 3 rings (SSSR count). The number of benzene rings is 1. The van der Waals surface area contributed by atoms with Crippen molar-refractivity contribution in [2.45, 2.75) is 52.0 Å². The van der Waals surface area contributed by atoms with Crippen molar-refractivity contribution in [2.75, 3.05) is 20.1 Å². The molecule has 1 aromatic carbocycles. The van der Waals surface area contributed by atoms with Gasteiger partial charge in [-0.3, -0.25) is 4.79 Å². The van der Waals surface area contributed by atoms with Gasteiger partial charge in [-0.05, 0) is 51.7 Å². The monoisotopic (exact) mass is 419 g/mol. The molecule has 1 aliphatic heterocycles. The van der Waals surface area contributed by atoms with Crippen LogP contribution in [0, 0.1) is 33.6 Å². The highest BCUT2D eigenvalue weighted by Gasteiger charge is 2.34. The van der Waals surface area contributed by atoms with Crippen molar-refractivity contribution < 1.29 is 17.7 Å². The minimum absolute atomic E-state index is 0.0189. The second-order valence-corrected chi connectivity index (χ2v) is 9.90. The number of aryl methyl sites for hydroxylation is 4. The van der Waals surface area contributed by atoms with Crippen LogP contribution in [-0.4, -0.2) is 48.8 Å². The molecule has 1 saturated heterocycles. The Kier molecular flexibility index (Phi) is 6.14. The number of piperidine rings is 1. The van der Waals surface area contributed by atoms with Gasteiger partial charge in [-0.15, -0.1) is 0 Å². The molecule has 29 heavy (non-hydrogen) atoms. The van der Waals surface area contributed by atoms with Crippen molar-refractivity contribution in [1.82, 2.24) is 14.4 Å². The zero-order valence-corrected chi connectivity index (χ0v) is 18.5. The Morgan fingerprint density at radius 2 is 1.72 bits per heavy atom. The van der Waals surface area contributed by atoms with Crippen LogP contribution in [0.3, 0.4) is 0 Å². The number of nitrogens with zero attached hydrogens (tertiary/aromatic N) is 3. The first-order chi connectivity index (χ1) is 13.6. The Bertz CT molecular complexity index is 982. The first-order valence-electron chi connectivity index (χ1n) is 9.84. The van der Waals surface area contributed by atoms with Crippen LogP contribution in [-0.2, 0) is 21.4 Å². The topological polar surface area (TPSA) is 83.7 Å². The second-order valence-electron chi connectivity index (χ2n) is 8.03. The van der Waals surface area contributed by atoms with Gasteiger partial charge < -0.3 is 9.42 Å². The number of carbonyl (C=O) groups excluding carboxylic acids is 1. The van der Waals surface area contributed by atoms with Crippen LogP contribution in [0.2, 0.25) is 0 Å². The lowest BCUT2D eigenvalue weighted by atomic mass is 9.96. The Labute approximate surface area is 172 Å². The summed E-state index contributed by atoms with van der Waals surface area (Å²) < 4.78 is 33.0. The van der Waals surface area contributed by atoms with Gasteiger partial charge >= 0.3 is 0 Å². The van der Waals surface area contributed by atoms with Crippen molar-refractivity contribution in [3.63, 3.8) is 0 Å². The molecule has 0 atom stereocenters. The summed E-state index contributed by atoms with van der Waals surface area (Å²) in [6.45, 7) is 8.53. The fourth-order valence-corrected chi connectivity index (χ4v) is 6.05. The predicted octanol–water partition coefficient (Wildman–Crippen LogP) is 2.97. The van der Waals surface area contributed by atoms with Crippen molar-refractivity contribution >= 4 is 15.9 Å². The molecule has 1 amide bonds. The van der Waals surface area contributed by atoms with Gasteiger partial charge in [0.2, 0.25) is 15.9 Å². The summed E-state index contributed by atoms with van der Waals surface area (Å²) in [5.74, 6) is 0.547. The molecule has 0 N–H and O–H groups in total. The van der Waals surface area contributed by atoms with Crippen LogP contribution in [0.25, 0.3) is 0 Å². The normalized spacial score (nSPS) is 16.2. The third-order valence-electron chi connectivity index (χ3n) is 5.46. The number of amides is 1. The summed E-state index contributed by atoms with van der Waals surface area (Å²) in [6.07, 6.45) is 1.04. The summed E-state index contributed by atoms with van der Waals surface area (Å²) in [4.78, 5) is 14.8. The molecule has 0 saturated carbocycles. The zero-order chi connectivity index (χ0) is 21.3. The van der Waals surface area contributed by atoms with E-state index < -0.39 is 10.0 Å². The van der Waals surface area contributed by atoms with Crippen LogP contribution in [0.15, 0.2) is 27.6 Å². The first-order valence-corrected chi connectivity index (χ1v) is 11.3. The van der Waals surface area contributed by atoms with E-state index in [2.05, 4.69) is 5.16 Å².